The Balaban J connectivity index is 2.85. The van der Waals surface area contributed by atoms with Crippen molar-refractivity contribution in [3.8, 4) is 0 Å². The molecule has 0 spiro atoms. The average Bonchev–Trinajstić information content (AvgIpc) is 2.26. The van der Waals surface area contributed by atoms with Crippen molar-refractivity contribution in [3.63, 3.8) is 0 Å². The molecule has 1 aromatic carbocycles. The van der Waals surface area contributed by atoms with Gasteiger partial charge in [0.05, 0.1) is 0 Å². The van der Waals surface area contributed by atoms with Crippen LogP contribution in [0.4, 0.5) is 5.69 Å². The van der Waals surface area contributed by atoms with Crippen molar-refractivity contribution >= 4 is 11.6 Å². The van der Waals surface area contributed by atoms with Crippen molar-refractivity contribution in [2.24, 2.45) is 0 Å². The van der Waals surface area contributed by atoms with Crippen LogP contribution < -0.4 is 5.73 Å². The quantitative estimate of drug-likeness (QED) is 0.770. The molecule has 1 unspecified atom stereocenters. The summed E-state index contributed by atoms with van der Waals surface area (Å²) in [7, 11) is 1.82. The minimum Gasteiger partial charge on any atom is -0.399 e. The molecule has 0 radical (unpaired) electrons. The summed E-state index contributed by atoms with van der Waals surface area (Å²) in [6.45, 7) is 4.10. The van der Waals surface area contributed by atoms with Crippen LogP contribution in [0.5, 0.6) is 0 Å². The number of nitrogens with two attached hydrogens (primary N) is 1. The van der Waals surface area contributed by atoms with Crippen LogP contribution in [0.15, 0.2) is 24.3 Å². The first-order valence-electron chi connectivity index (χ1n) is 5.19. The number of hydrogen-bond acceptors (Lipinski definition) is 2. The molecule has 0 aliphatic carbocycles. The van der Waals surface area contributed by atoms with Crippen LogP contribution in [0.1, 0.15) is 30.6 Å². The molecular formula is C12H18N2O. The van der Waals surface area contributed by atoms with Crippen molar-refractivity contribution in [1.29, 1.82) is 0 Å². The summed E-state index contributed by atoms with van der Waals surface area (Å²) >= 11 is 0. The SMILES string of the molecule is CCC(C)N(C)C(=O)c1cccc(N)c1. The smallest absolute Gasteiger partial charge is 0.253 e. The van der Waals surface area contributed by atoms with Crippen molar-refractivity contribution in [3.05, 3.63) is 29.8 Å². The van der Waals surface area contributed by atoms with E-state index in [9.17, 15) is 4.79 Å². The number of nitrogen functional groups attached to an aromatic ring is 1. The number of carbonyl (C=O) groups is 1. The number of nitrogens with zero attached hydrogens (tertiary/aromatic N) is 1. The van der Waals surface area contributed by atoms with Gasteiger partial charge in [-0.2, -0.15) is 0 Å². The molecular weight excluding hydrogens is 188 g/mol. The second-order valence-corrected chi connectivity index (χ2v) is 3.80. The lowest BCUT2D eigenvalue weighted by atomic mass is 10.1. The van der Waals surface area contributed by atoms with Crippen LogP contribution >= 0.6 is 0 Å². The van der Waals surface area contributed by atoms with E-state index in [1.54, 1.807) is 29.2 Å². The number of amides is 1. The fraction of sp³-hybridized carbons (Fsp3) is 0.417. The van der Waals surface area contributed by atoms with Gasteiger partial charge in [0.1, 0.15) is 0 Å². The van der Waals surface area contributed by atoms with E-state index in [0.29, 0.717) is 11.3 Å². The summed E-state index contributed by atoms with van der Waals surface area (Å²) in [5.41, 5.74) is 6.91. The molecule has 2 N–H and O–H groups in total. The van der Waals surface area contributed by atoms with Gasteiger partial charge in [-0.25, -0.2) is 0 Å². The lowest BCUT2D eigenvalue weighted by Crippen LogP contribution is -2.34. The number of rotatable bonds is 3. The molecule has 15 heavy (non-hydrogen) atoms. The fourth-order valence-corrected chi connectivity index (χ4v) is 1.35. The minimum atomic E-state index is 0.0247. The highest BCUT2D eigenvalue weighted by molar-refractivity contribution is 5.95. The number of hydrogen-bond donors (Lipinski definition) is 1. The van der Waals surface area contributed by atoms with E-state index in [-0.39, 0.29) is 11.9 Å². The Hall–Kier alpha value is -1.51. The summed E-state index contributed by atoms with van der Waals surface area (Å²) in [6, 6.07) is 7.32. The van der Waals surface area contributed by atoms with Gasteiger partial charge < -0.3 is 10.6 Å². The molecule has 0 saturated heterocycles. The molecule has 82 valence electrons. The number of carbonyl (C=O) groups excluding carboxylic acids is 1. The summed E-state index contributed by atoms with van der Waals surface area (Å²) in [4.78, 5) is 13.7. The van der Waals surface area contributed by atoms with E-state index in [0.717, 1.165) is 6.42 Å². The molecule has 0 aliphatic rings. The minimum absolute atomic E-state index is 0.0247. The molecule has 0 fully saturated rings. The Morgan fingerprint density at radius 3 is 2.73 bits per heavy atom. The predicted molar refractivity (Wildman–Crippen MR) is 62.7 cm³/mol. The van der Waals surface area contributed by atoms with Gasteiger partial charge in [-0.3, -0.25) is 4.79 Å². The molecule has 0 aliphatic heterocycles. The molecule has 1 amide bonds. The molecule has 1 atom stereocenters. The van der Waals surface area contributed by atoms with Gasteiger partial charge in [0.15, 0.2) is 0 Å². The topological polar surface area (TPSA) is 46.3 Å². The van der Waals surface area contributed by atoms with E-state index in [1.807, 2.05) is 14.0 Å². The summed E-state index contributed by atoms with van der Waals surface area (Å²) < 4.78 is 0. The molecule has 0 heterocycles. The van der Waals surface area contributed by atoms with E-state index in [1.165, 1.54) is 0 Å². The third-order valence-corrected chi connectivity index (χ3v) is 2.71. The molecule has 1 rings (SSSR count). The normalized spacial score (nSPS) is 12.2. The van der Waals surface area contributed by atoms with E-state index in [4.69, 9.17) is 5.73 Å². The molecule has 0 saturated carbocycles. The van der Waals surface area contributed by atoms with Crippen LogP contribution in [-0.2, 0) is 0 Å². The van der Waals surface area contributed by atoms with Crippen LogP contribution in [0.3, 0.4) is 0 Å². The summed E-state index contributed by atoms with van der Waals surface area (Å²) in [5.74, 6) is 0.0247. The third kappa shape index (κ3) is 2.72. The predicted octanol–water partition coefficient (Wildman–Crippen LogP) is 2.14. The highest BCUT2D eigenvalue weighted by Gasteiger charge is 2.15. The van der Waals surface area contributed by atoms with Crippen molar-refractivity contribution < 1.29 is 4.79 Å². The Morgan fingerprint density at radius 2 is 2.20 bits per heavy atom. The zero-order chi connectivity index (χ0) is 11.4. The second-order valence-electron chi connectivity index (χ2n) is 3.80. The zero-order valence-electron chi connectivity index (χ0n) is 9.53. The Bertz CT molecular complexity index is 349. The van der Waals surface area contributed by atoms with Gasteiger partial charge in [-0.15, -0.1) is 0 Å². The maximum atomic E-state index is 12.0. The first kappa shape index (κ1) is 11.6. The Kier molecular flexibility index (Phi) is 3.72. The Labute approximate surface area is 90.9 Å². The highest BCUT2D eigenvalue weighted by atomic mass is 16.2. The summed E-state index contributed by atoms with van der Waals surface area (Å²) in [5, 5.41) is 0. The molecule has 3 heteroatoms. The molecule has 3 nitrogen and oxygen atoms in total. The van der Waals surface area contributed by atoms with E-state index in [2.05, 4.69) is 6.92 Å². The fourth-order valence-electron chi connectivity index (χ4n) is 1.35. The first-order chi connectivity index (χ1) is 7.06. The zero-order valence-corrected chi connectivity index (χ0v) is 9.53. The van der Waals surface area contributed by atoms with Gasteiger partial charge >= 0.3 is 0 Å². The van der Waals surface area contributed by atoms with Gasteiger partial charge in [-0.1, -0.05) is 13.0 Å². The van der Waals surface area contributed by atoms with E-state index >= 15 is 0 Å². The van der Waals surface area contributed by atoms with Crippen molar-refractivity contribution in [2.75, 3.05) is 12.8 Å². The average molecular weight is 206 g/mol. The Morgan fingerprint density at radius 1 is 1.53 bits per heavy atom. The first-order valence-corrected chi connectivity index (χ1v) is 5.19. The maximum absolute atomic E-state index is 12.0. The van der Waals surface area contributed by atoms with Gasteiger partial charge in [0.25, 0.3) is 5.91 Å². The number of benzene rings is 1. The molecule has 0 bridgehead atoms. The maximum Gasteiger partial charge on any atom is 0.253 e. The monoisotopic (exact) mass is 206 g/mol. The van der Waals surface area contributed by atoms with Crippen LogP contribution in [-0.4, -0.2) is 23.9 Å². The summed E-state index contributed by atoms with van der Waals surface area (Å²) in [6.07, 6.45) is 0.949. The van der Waals surface area contributed by atoms with Crippen LogP contribution in [0.2, 0.25) is 0 Å². The lowest BCUT2D eigenvalue weighted by molar-refractivity contribution is 0.0740. The molecule has 1 aromatic rings. The van der Waals surface area contributed by atoms with Crippen LogP contribution in [0.25, 0.3) is 0 Å². The largest absolute Gasteiger partial charge is 0.399 e. The van der Waals surface area contributed by atoms with Gasteiger partial charge in [0.2, 0.25) is 0 Å². The third-order valence-electron chi connectivity index (χ3n) is 2.71. The van der Waals surface area contributed by atoms with Gasteiger partial charge in [-0.05, 0) is 31.5 Å². The van der Waals surface area contributed by atoms with E-state index < -0.39 is 0 Å². The lowest BCUT2D eigenvalue weighted by Gasteiger charge is -2.23. The standard InChI is InChI=1S/C12H18N2O/c1-4-9(2)14(3)12(15)10-6-5-7-11(13)8-10/h5-9H,4,13H2,1-3H3. The number of anilines is 1. The highest BCUT2D eigenvalue weighted by Crippen LogP contribution is 2.11. The van der Waals surface area contributed by atoms with Gasteiger partial charge in [0, 0.05) is 24.3 Å². The van der Waals surface area contributed by atoms with Crippen molar-refractivity contribution in [1.82, 2.24) is 4.90 Å². The molecule has 0 aromatic heterocycles. The van der Waals surface area contributed by atoms with Crippen LogP contribution in [0, 0.1) is 0 Å². The van der Waals surface area contributed by atoms with Crippen molar-refractivity contribution in [2.45, 2.75) is 26.3 Å². The second kappa shape index (κ2) is 4.82.